The molecule has 2 aromatic rings. The Balaban J connectivity index is 2.15. The summed E-state index contributed by atoms with van der Waals surface area (Å²) in [4.78, 5) is 27.2. The van der Waals surface area contributed by atoms with E-state index in [2.05, 4.69) is 5.32 Å². The molecule has 0 fully saturated rings. The number of halogens is 2. The van der Waals surface area contributed by atoms with Crippen LogP contribution in [0.5, 0.6) is 5.75 Å². The minimum atomic E-state index is -0.645. The van der Waals surface area contributed by atoms with Crippen molar-refractivity contribution in [2.24, 2.45) is 0 Å². The predicted molar refractivity (Wildman–Crippen MR) is 116 cm³/mol. The Morgan fingerprint density at radius 2 is 1.77 bits per heavy atom. The zero-order chi connectivity index (χ0) is 21.9. The number of benzene rings is 2. The normalized spacial score (nSPS) is 11.6. The van der Waals surface area contributed by atoms with Gasteiger partial charge in [-0.2, -0.15) is 0 Å². The van der Waals surface area contributed by atoms with Crippen LogP contribution in [0, 0.1) is 5.82 Å². The van der Waals surface area contributed by atoms with E-state index in [-0.39, 0.29) is 30.8 Å². The zero-order valence-corrected chi connectivity index (χ0v) is 18.1. The number of unbranched alkanes of at least 4 members (excludes halogenated alkanes) is 1. The van der Waals surface area contributed by atoms with Gasteiger partial charge in [-0.15, -0.1) is 0 Å². The lowest BCUT2D eigenvalue weighted by molar-refractivity contribution is -0.143. The van der Waals surface area contributed by atoms with Crippen LogP contribution in [0.25, 0.3) is 0 Å². The van der Waals surface area contributed by atoms with Gasteiger partial charge >= 0.3 is 0 Å². The van der Waals surface area contributed by atoms with E-state index in [1.165, 1.54) is 17.0 Å². The lowest BCUT2D eigenvalue weighted by atomic mass is 10.1. The third-order valence-electron chi connectivity index (χ3n) is 4.66. The molecule has 0 aliphatic heterocycles. The molecule has 0 bridgehead atoms. The van der Waals surface area contributed by atoms with E-state index < -0.39 is 6.04 Å². The van der Waals surface area contributed by atoms with E-state index in [0.717, 1.165) is 18.4 Å². The number of rotatable bonds is 11. The van der Waals surface area contributed by atoms with Gasteiger partial charge in [0.25, 0.3) is 5.91 Å². The first-order valence-electron chi connectivity index (χ1n) is 10.1. The van der Waals surface area contributed by atoms with Crippen molar-refractivity contribution in [1.29, 1.82) is 0 Å². The monoisotopic (exact) mass is 434 g/mol. The molecule has 0 heterocycles. The third-order valence-corrected chi connectivity index (χ3v) is 4.91. The maximum absolute atomic E-state index is 13.3. The van der Waals surface area contributed by atoms with Gasteiger partial charge in [0, 0.05) is 18.1 Å². The summed E-state index contributed by atoms with van der Waals surface area (Å²) in [6.07, 6.45) is 2.28. The highest BCUT2D eigenvalue weighted by Gasteiger charge is 2.28. The highest BCUT2D eigenvalue weighted by molar-refractivity contribution is 6.30. The van der Waals surface area contributed by atoms with Crippen LogP contribution in [0.3, 0.4) is 0 Å². The summed E-state index contributed by atoms with van der Waals surface area (Å²) in [7, 11) is 0. The number of nitrogens with zero attached hydrogens (tertiary/aromatic N) is 1. The maximum atomic E-state index is 13.3. The molecule has 5 nitrogen and oxygen atoms in total. The van der Waals surface area contributed by atoms with Crippen molar-refractivity contribution in [1.82, 2.24) is 10.2 Å². The van der Waals surface area contributed by atoms with Crippen LogP contribution in [0.4, 0.5) is 4.39 Å². The molecule has 30 heavy (non-hydrogen) atoms. The Bertz CT molecular complexity index is 812. The van der Waals surface area contributed by atoms with Crippen molar-refractivity contribution >= 4 is 23.4 Å². The molecule has 0 saturated heterocycles. The Hall–Kier alpha value is -2.60. The summed E-state index contributed by atoms with van der Waals surface area (Å²) in [5.41, 5.74) is 0.732. The SMILES string of the molecule is CCCCNC(=O)[C@H](CC)N(Cc1ccc(F)cc1)C(=O)COc1ccc(Cl)cc1. The first kappa shape index (κ1) is 23.7. The van der Waals surface area contributed by atoms with Crippen molar-refractivity contribution in [3.63, 3.8) is 0 Å². The largest absolute Gasteiger partial charge is 0.484 e. The van der Waals surface area contributed by atoms with Gasteiger partial charge in [0.1, 0.15) is 17.6 Å². The fraction of sp³-hybridized carbons (Fsp3) is 0.391. The standard InChI is InChI=1S/C23H28ClFN2O3/c1-3-5-14-26-23(29)21(4-2)27(15-17-6-10-19(25)11-7-17)22(28)16-30-20-12-8-18(24)9-13-20/h6-13,21H,3-5,14-16H2,1-2H3,(H,26,29)/t21-/m0/s1. The number of carbonyl (C=O) groups excluding carboxylic acids is 2. The van der Waals surface area contributed by atoms with Crippen LogP contribution >= 0.6 is 11.6 Å². The smallest absolute Gasteiger partial charge is 0.261 e. The maximum Gasteiger partial charge on any atom is 0.261 e. The quantitative estimate of drug-likeness (QED) is 0.526. The van der Waals surface area contributed by atoms with Crippen LogP contribution in [-0.2, 0) is 16.1 Å². The Morgan fingerprint density at radius 1 is 1.10 bits per heavy atom. The first-order chi connectivity index (χ1) is 14.4. The van der Waals surface area contributed by atoms with Crippen LogP contribution in [0.1, 0.15) is 38.7 Å². The van der Waals surface area contributed by atoms with Crippen molar-refractivity contribution in [2.45, 2.75) is 45.7 Å². The molecule has 7 heteroatoms. The van der Waals surface area contributed by atoms with E-state index in [9.17, 15) is 14.0 Å². The summed E-state index contributed by atoms with van der Waals surface area (Å²) >= 11 is 5.87. The van der Waals surface area contributed by atoms with Crippen molar-refractivity contribution in [2.75, 3.05) is 13.2 Å². The predicted octanol–water partition coefficient (Wildman–Crippen LogP) is 4.58. The molecule has 0 unspecified atom stereocenters. The minimum Gasteiger partial charge on any atom is -0.484 e. The molecule has 2 aromatic carbocycles. The number of hydrogen-bond acceptors (Lipinski definition) is 3. The van der Waals surface area contributed by atoms with Crippen LogP contribution in [0.2, 0.25) is 5.02 Å². The fourth-order valence-corrected chi connectivity index (χ4v) is 3.10. The van der Waals surface area contributed by atoms with Crippen LogP contribution < -0.4 is 10.1 Å². The molecule has 0 aliphatic rings. The summed E-state index contributed by atoms with van der Waals surface area (Å²) < 4.78 is 18.9. The molecule has 162 valence electrons. The molecule has 0 aliphatic carbocycles. The number of nitrogens with one attached hydrogen (secondary N) is 1. The molecular weight excluding hydrogens is 407 g/mol. The Morgan fingerprint density at radius 3 is 2.37 bits per heavy atom. The van der Waals surface area contributed by atoms with Crippen LogP contribution in [0.15, 0.2) is 48.5 Å². The molecule has 0 radical (unpaired) electrons. The molecule has 1 N–H and O–H groups in total. The number of ether oxygens (including phenoxy) is 1. The fourth-order valence-electron chi connectivity index (χ4n) is 2.97. The van der Waals surface area contributed by atoms with Gasteiger partial charge in [-0.3, -0.25) is 9.59 Å². The molecular formula is C23H28ClFN2O3. The molecule has 0 spiro atoms. The van der Waals surface area contributed by atoms with Gasteiger partial charge < -0.3 is 15.0 Å². The van der Waals surface area contributed by atoms with Gasteiger partial charge in [0.15, 0.2) is 6.61 Å². The average molecular weight is 435 g/mol. The topological polar surface area (TPSA) is 58.6 Å². The zero-order valence-electron chi connectivity index (χ0n) is 17.4. The molecule has 2 rings (SSSR count). The summed E-state index contributed by atoms with van der Waals surface area (Å²) in [5, 5.41) is 3.47. The van der Waals surface area contributed by atoms with E-state index in [1.807, 2.05) is 13.8 Å². The van der Waals surface area contributed by atoms with Crippen LogP contribution in [-0.4, -0.2) is 35.9 Å². The number of hydrogen-bond donors (Lipinski definition) is 1. The van der Waals surface area contributed by atoms with E-state index in [1.54, 1.807) is 36.4 Å². The molecule has 1 atom stereocenters. The van der Waals surface area contributed by atoms with E-state index >= 15 is 0 Å². The number of carbonyl (C=O) groups is 2. The highest BCUT2D eigenvalue weighted by Crippen LogP contribution is 2.17. The first-order valence-corrected chi connectivity index (χ1v) is 10.5. The lowest BCUT2D eigenvalue weighted by Crippen LogP contribution is -2.50. The second-order valence-electron chi connectivity index (χ2n) is 6.96. The molecule has 0 aromatic heterocycles. The van der Waals surface area contributed by atoms with Gasteiger partial charge in [-0.05, 0) is 54.8 Å². The minimum absolute atomic E-state index is 0.183. The lowest BCUT2D eigenvalue weighted by Gasteiger charge is -2.30. The highest BCUT2D eigenvalue weighted by atomic mass is 35.5. The van der Waals surface area contributed by atoms with E-state index in [0.29, 0.717) is 23.7 Å². The summed E-state index contributed by atoms with van der Waals surface area (Å²) in [5.74, 6) is -0.373. The Kier molecular flexibility index (Phi) is 9.61. The van der Waals surface area contributed by atoms with Gasteiger partial charge in [0.2, 0.25) is 5.91 Å². The second-order valence-corrected chi connectivity index (χ2v) is 7.40. The second kappa shape index (κ2) is 12.2. The summed E-state index contributed by atoms with van der Waals surface area (Å²) in [6.45, 7) is 4.42. The third kappa shape index (κ3) is 7.34. The molecule has 2 amide bonds. The van der Waals surface area contributed by atoms with E-state index in [4.69, 9.17) is 16.3 Å². The van der Waals surface area contributed by atoms with Crippen molar-refractivity contribution < 1.29 is 18.7 Å². The van der Waals surface area contributed by atoms with Gasteiger partial charge in [0.05, 0.1) is 0 Å². The van der Waals surface area contributed by atoms with Crippen molar-refractivity contribution in [3.05, 3.63) is 64.9 Å². The molecule has 0 saturated carbocycles. The van der Waals surface area contributed by atoms with Gasteiger partial charge in [-0.25, -0.2) is 4.39 Å². The summed E-state index contributed by atoms with van der Waals surface area (Å²) in [6, 6.07) is 11.9. The average Bonchev–Trinajstić information content (AvgIpc) is 2.74. The van der Waals surface area contributed by atoms with Gasteiger partial charge in [-0.1, -0.05) is 44.0 Å². The Labute approximate surface area is 182 Å². The number of amides is 2. The van der Waals surface area contributed by atoms with Crippen molar-refractivity contribution in [3.8, 4) is 5.75 Å².